The average molecular weight is 251 g/mol. The Hall–Kier alpha value is 1.11. The van der Waals surface area contributed by atoms with Crippen molar-refractivity contribution in [1.82, 2.24) is 4.90 Å². The molecule has 0 bridgehead atoms. The molecule has 4 heteroatoms. The van der Waals surface area contributed by atoms with E-state index in [2.05, 4.69) is 4.90 Å². The zero-order chi connectivity index (χ0) is 9.97. The minimum Gasteiger partial charge on any atom is -0.411 e. The Kier molecular flexibility index (Phi) is 6.38. The molecule has 0 aromatic rings. The molecule has 0 radical (unpaired) electrons. The van der Waals surface area contributed by atoms with Crippen molar-refractivity contribution in [1.29, 1.82) is 0 Å². The third-order valence-corrected chi connectivity index (χ3v) is 4.07. The normalized spacial score (nSPS) is 22.7. The average Bonchev–Trinajstić information content (AvgIpc) is 2.75. The molecule has 2 rings (SSSR count). The predicted octanol–water partition coefficient (Wildman–Crippen LogP) is 0.00940. The molecule has 0 N–H and O–H groups in total. The van der Waals surface area contributed by atoms with Crippen LogP contribution in [0.4, 0.5) is 0 Å². The van der Waals surface area contributed by atoms with E-state index in [9.17, 15) is 0 Å². The van der Waals surface area contributed by atoms with E-state index in [0.717, 1.165) is 4.32 Å². The summed E-state index contributed by atoms with van der Waals surface area (Å²) < 4.78 is 0.726. The van der Waals surface area contributed by atoms with Gasteiger partial charge < -0.3 is 29.7 Å². The van der Waals surface area contributed by atoms with Crippen LogP contribution >= 0.6 is 12.2 Å². The summed E-state index contributed by atoms with van der Waals surface area (Å²) in [7, 11) is 0. The van der Waals surface area contributed by atoms with Gasteiger partial charge in [0.15, 0.2) is 0 Å². The van der Waals surface area contributed by atoms with Crippen LogP contribution in [-0.4, -0.2) is 21.3 Å². The molecule has 0 heterocycles. The van der Waals surface area contributed by atoms with E-state index < -0.39 is 0 Å². The Bertz CT molecular complexity index is 195. The van der Waals surface area contributed by atoms with E-state index in [-0.39, 0.29) is 29.6 Å². The fourth-order valence-corrected chi connectivity index (χ4v) is 3.56. The van der Waals surface area contributed by atoms with E-state index >= 15 is 0 Å². The van der Waals surface area contributed by atoms with Crippen molar-refractivity contribution in [3.63, 3.8) is 0 Å². The summed E-state index contributed by atoms with van der Waals surface area (Å²) in [6.45, 7) is 0. The van der Waals surface area contributed by atoms with E-state index in [1.807, 2.05) is 0 Å². The summed E-state index contributed by atoms with van der Waals surface area (Å²) in [5, 5.41) is 0. The van der Waals surface area contributed by atoms with Crippen LogP contribution < -0.4 is 29.6 Å². The standard InChI is InChI=1S/C11H19NS2.Na/c13-11(14)12(9-5-1-2-6-9)10-7-3-4-8-10;/h9-10H,1-8H2,(H,13,14);/q;+1/p-1. The van der Waals surface area contributed by atoms with Crippen LogP contribution in [0, 0.1) is 0 Å². The van der Waals surface area contributed by atoms with E-state index in [4.69, 9.17) is 24.8 Å². The monoisotopic (exact) mass is 251 g/mol. The van der Waals surface area contributed by atoms with Gasteiger partial charge in [-0.3, -0.25) is 0 Å². The molecule has 0 unspecified atom stereocenters. The van der Waals surface area contributed by atoms with Gasteiger partial charge in [0.1, 0.15) is 0 Å². The first-order chi connectivity index (χ1) is 6.79. The SMILES string of the molecule is S=C([S-])N(C1CCCC1)C1CCCC1.[Na+]. The van der Waals surface area contributed by atoms with Gasteiger partial charge in [-0.1, -0.05) is 30.0 Å². The maximum absolute atomic E-state index is 5.23. The summed E-state index contributed by atoms with van der Waals surface area (Å²) >= 11 is 10.5. The fourth-order valence-electron chi connectivity index (χ4n) is 2.96. The van der Waals surface area contributed by atoms with Gasteiger partial charge in [-0.15, -0.1) is 0 Å². The zero-order valence-electron chi connectivity index (χ0n) is 9.58. The summed E-state index contributed by atoms with van der Waals surface area (Å²) in [6, 6.07) is 1.37. The van der Waals surface area contributed by atoms with Crippen LogP contribution in [0.3, 0.4) is 0 Å². The van der Waals surface area contributed by atoms with E-state index in [1.165, 1.54) is 51.4 Å². The maximum atomic E-state index is 5.23. The van der Waals surface area contributed by atoms with Crippen LogP contribution in [0.5, 0.6) is 0 Å². The summed E-state index contributed by atoms with van der Waals surface area (Å²) in [4.78, 5) is 2.39. The molecule has 2 aliphatic rings. The molecule has 2 saturated carbocycles. The molecule has 0 spiro atoms. The van der Waals surface area contributed by atoms with E-state index in [0.29, 0.717) is 12.1 Å². The van der Waals surface area contributed by atoms with Crippen LogP contribution in [0.1, 0.15) is 51.4 Å². The largest absolute Gasteiger partial charge is 1.00 e. The molecular formula is C11H18NNaS2. The van der Waals surface area contributed by atoms with Crippen molar-refractivity contribution in [2.75, 3.05) is 0 Å². The zero-order valence-corrected chi connectivity index (χ0v) is 13.2. The quantitative estimate of drug-likeness (QED) is 0.387. The Morgan fingerprint density at radius 3 is 1.53 bits per heavy atom. The fraction of sp³-hybridized carbons (Fsp3) is 0.909. The number of thiocarbonyl (C=S) groups is 1. The molecule has 0 aromatic heterocycles. The number of hydrogen-bond acceptors (Lipinski definition) is 2. The van der Waals surface area contributed by atoms with Gasteiger partial charge in [0.2, 0.25) is 0 Å². The molecule has 1 nitrogen and oxygen atoms in total. The molecule has 2 aliphatic carbocycles. The van der Waals surface area contributed by atoms with Gasteiger partial charge >= 0.3 is 29.6 Å². The van der Waals surface area contributed by atoms with Crippen molar-refractivity contribution in [3.05, 3.63) is 0 Å². The molecule has 0 aliphatic heterocycles. The minimum atomic E-state index is 0. The molecule has 0 aromatic carbocycles. The first-order valence-corrected chi connectivity index (χ1v) is 6.60. The Labute approximate surface area is 126 Å². The van der Waals surface area contributed by atoms with Crippen LogP contribution in [0.2, 0.25) is 0 Å². The van der Waals surface area contributed by atoms with Crippen LogP contribution in [-0.2, 0) is 12.6 Å². The summed E-state index contributed by atoms with van der Waals surface area (Å²) in [5.41, 5.74) is 0. The molecule has 15 heavy (non-hydrogen) atoms. The van der Waals surface area contributed by atoms with E-state index in [1.54, 1.807) is 0 Å². The molecule has 2 fully saturated rings. The van der Waals surface area contributed by atoms with Crippen molar-refractivity contribution >= 4 is 29.2 Å². The topological polar surface area (TPSA) is 3.24 Å². The predicted molar refractivity (Wildman–Crippen MR) is 66.3 cm³/mol. The number of hydrogen-bond donors (Lipinski definition) is 0. The maximum Gasteiger partial charge on any atom is 1.00 e. The first kappa shape index (κ1) is 14.2. The van der Waals surface area contributed by atoms with Crippen LogP contribution in [0.15, 0.2) is 0 Å². The smallest absolute Gasteiger partial charge is 0.411 e. The Morgan fingerprint density at radius 1 is 0.933 bits per heavy atom. The Balaban J connectivity index is 0.00000112. The number of rotatable bonds is 2. The second-order valence-corrected chi connectivity index (χ2v) is 5.58. The van der Waals surface area contributed by atoms with Crippen molar-refractivity contribution < 1.29 is 29.6 Å². The molecule has 80 valence electrons. The van der Waals surface area contributed by atoms with Gasteiger partial charge in [-0.05, 0) is 25.7 Å². The summed E-state index contributed by atoms with van der Waals surface area (Å²) in [5.74, 6) is 0. The molecule has 0 atom stereocenters. The molecule has 0 amide bonds. The summed E-state index contributed by atoms with van der Waals surface area (Å²) in [6.07, 6.45) is 10.7. The van der Waals surface area contributed by atoms with Gasteiger partial charge in [0.25, 0.3) is 0 Å². The minimum absolute atomic E-state index is 0. The van der Waals surface area contributed by atoms with Crippen LogP contribution in [0.25, 0.3) is 0 Å². The third-order valence-electron chi connectivity index (χ3n) is 3.65. The van der Waals surface area contributed by atoms with Crippen molar-refractivity contribution in [2.45, 2.75) is 63.5 Å². The van der Waals surface area contributed by atoms with Gasteiger partial charge in [0.05, 0.1) is 0 Å². The second kappa shape index (κ2) is 6.75. The third kappa shape index (κ3) is 3.53. The molecular weight excluding hydrogens is 233 g/mol. The van der Waals surface area contributed by atoms with Gasteiger partial charge in [-0.2, -0.15) is 0 Å². The van der Waals surface area contributed by atoms with Gasteiger partial charge in [-0.25, -0.2) is 0 Å². The van der Waals surface area contributed by atoms with Gasteiger partial charge in [0, 0.05) is 12.1 Å². The first-order valence-electron chi connectivity index (χ1n) is 5.78. The molecule has 0 saturated heterocycles. The Morgan fingerprint density at radius 2 is 1.27 bits per heavy atom. The van der Waals surface area contributed by atoms with Crippen molar-refractivity contribution in [3.8, 4) is 0 Å². The number of nitrogens with zero attached hydrogens (tertiary/aromatic N) is 1. The second-order valence-electron chi connectivity index (χ2n) is 4.55. The van der Waals surface area contributed by atoms with Crippen molar-refractivity contribution in [2.24, 2.45) is 0 Å².